The van der Waals surface area contributed by atoms with E-state index < -0.39 is 12.1 Å². The summed E-state index contributed by atoms with van der Waals surface area (Å²) in [6.07, 6.45) is -1.53. The molecule has 0 aliphatic rings. The van der Waals surface area contributed by atoms with E-state index in [2.05, 4.69) is 10.1 Å². The van der Waals surface area contributed by atoms with Gasteiger partial charge in [0, 0.05) is 10.0 Å². The second-order valence-corrected chi connectivity index (χ2v) is 7.24. The van der Waals surface area contributed by atoms with Gasteiger partial charge in [-0.25, -0.2) is 9.67 Å². The standard InChI is InChI=1S/C19H16Cl2F3N3/c1-12(13-2-4-17(5-3-13)27-11-25-10-26-27)6-18(19(22,23)24)14-7-15(20)9-16(21)8-14/h2-5,7-12,18H,6H2,1H3. The lowest BCUT2D eigenvalue weighted by molar-refractivity contribution is -0.152. The monoisotopic (exact) mass is 413 g/mol. The number of rotatable bonds is 5. The minimum absolute atomic E-state index is 0.0751. The van der Waals surface area contributed by atoms with Gasteiger partial charge < -0.3 is 0 Å². The van der Waals surface area contributed by atoms with Crippen LogP contribution in [0, 0.1) is 0 Å². The molecule has 0 saturated carbocycles. The third-order valence-electron chi connectivity index (χ3n) is 4.42. The maximum atomic E-state index is 13.7. The normalized spacial score (nSPS) is 14.1. The van der Waals surface area contributed by atoms with Crippen LogP contribution in [0.4, 0.5) is 13.2 Å². The molecule has 3 nitrogen and oxygen atoms in total. The Morgan fingerprint density at radius 3 is 2.15 bits per heavy atom. The first kappa shape index (κ1) is 19.7. The van der Waals surface area contributed by atoms with Gasteiger partial charge in [-0.05, 0) is 53.8 Å². The van der Waals surface area contributed by atoms with Crippen molar-refractivity contribution in [3.8, 4) is 5.69 Å². The molecule has 3 aromatic rings. The van der Waals surface area contributed by atoms with Crippen molar-refractivity contribution in [3.05, 3.63) is 76.3 Å². The van der Waals surface area contributed by atoms with Crippen molar-refractivity contribution in [2.75, 3.05) is 0 Å². The predicted octanol–water partition coefficient (Wildman–Crippen LogP) is 6.41. The second kappa shape index (κ2) is 7.90. The molecule has 2 atom stereocenters. The van der Waals surface area contributed by atoms with E-state index in [-0.39, 0.29) is 27.9 Å². The van der Waals surface area contributed by atoms with E-state index in [9.17, 15) is 13.2 Å². The Morgan fingerprint density at radius 2 is 1.63 bits per heavy atom. The van der Waals surface area contributed by atoms with Crippen LogP contribution in [0.15, 0.2) is 55.1 Å². The lowest BCUT2D eigenvalue weighted by Crippen LogP contribution is -2.22. The molecule has 1 heterocycles. The molecule has 3 rings (SSSR count). The first-order valence-electron chi connectivity index (χ1n) is 8.21. The van der Waals surface area contributed by atoms with Crippen molar-refractivity contribution < 1.29 is 13.2 Å². The summed E-state index contributed by atoms with van der Waals surface area (Å²) in [4.78, 5) is 3.88. The van der Waals surface area contributed by atoms with Gasteiger partial charge in [0.25, 0.3) is 0 Å². The van der Waals surface area contributed by atoms with E-state index in [0.717, 1.165) is 11.3 Å². The van der Waals surface area contributed by atoms with Crippen LogP contribution < -0.4 is 0 Å². The molecular weight excluding hydrogens is 398 g/mol. The Hall–Kier alpha value is -2.05. The molecule has 0 spiro atoms. The minimum Gasteiger partial charge on any atom is -0.223 e. The zero-order chi connectivity index (χ0) is 19.6. The summed E-state index contributed by atoms with van der Waals surface area (Å²) in [6, 6.07) is 11.3. The Morgan fingerprint density at radius 1 is 1.00 bits per heavy atom. The van der Waals surface area contributed by atoms with Crippen LogP contribution in [0.5, 0.6) is 0 Å². The summed E-state index contributed by atoms with van der Waals surface area (Å²) >= 11 is 11.8. The Kier molecular flexibility index (Phi) is 5.77. The minimum atomic E-state index is -4.40. The summed E-state index contributed by atoms with van der Waals surface area (Å²) < 4.78 is 42.7. The summed E-state index contributed by atoms with van der Waals surface area (Å²) in [6.45, 7) is 1.77. The lowest BCUT2D eigenvalue weighted by Gasteiger charge is -2.24. The fraction of sp³-hybridized carbons (Fsp3) is 0.263. The van der Waals surface area contributed by atoms with Gasteiger partial charge in [-0.2, -0.15) is 18.3 Å². The van der Waals surface area contributed by atoms with E-state index in [1.54, 1.807) is 42.2 Å². The molecule has 2 aromatic carbocycles. The fourth-order valence-corrected chi connectivity index (χ4v) is 3.56. The highest BCUT2D eigenvalue weighted by Gasteiger charge is 2.41. The molecule has 0 N–H and O–H groups in total. The van der Waals surface area contributed by atoms with Crippen molar-refractivity contribution >= 4 is 23.2 Å². The van der Waals surface area contributed by atoms with Gasteiger partial charge in [0.15, 0.2) is 0 Å². The average Bonchev–Trinajstić information content (AvgIpc) is 3.12. The van der Waals surface area contributed by atoms with Crippen LogP contribution >= 0.6 is 23.2 Å². The Balaban J connectivity index is 1.83. The van der Waals surface area contributed by atoms with Crippen molar-refractivity contribution in [2.24, 2.45) is 0 Å². The van der Waals surface area contributed by atoms with E-state index in [1.165, 1.54) is 24.5 Å². The molecule has 8 heteroatoms. The van der Waals surface area contributed by atoms with Gasteiger partial charge in [0.2, 0.25) is 0 Å². The van der Waals surface area contributed by atoms with Crippen molar-refractivity contribution in [2.45, 2.75) is 31.4 Å². The number of hydrogen-bond donors (Lipinski definition) is 0. The van der Waals surface area contributed by atoms with Crippen LogP contribution in [0.3, 0.4) is 0 Å². The van der Waals surface area contributed by atoms with Crippen LogP contribution in [0.25, 0.3) is 5.69 Å². The van der Waals surface area contributed by atoms with E-state index in [1.807, 2.05) is 0 Å². The molecule has 2 unspecified atom stereocenters. The summed E-state index contributed by atoms with van der Waals surface area (Å²) in [5.41, 5.74) is 1.67. The van der Waals surface area contributed by atoms with Crippen LogP contribution in [-0.4, -0.2) is 20.9 Å². The Labute approximate surface area is 164 Å². The van der Waals surface area contributed by atoms with Crippen LogP contribution in [0.2, 0.25) is 10.0 Å². The smallest absolute Gasteiger partial charge is 0.223 e. The van der Waals surface area contributed by atoms with E-state index >= 15 is 0 Å². The maximum absolute atomic E-state index is 13.7. The van der Waals surface area contributed by atoms with E-state index in [4.69, 9.17) is 23.2 Å². The number of alkyl halides is 3. The number of nitrogens with zero attached hydrogens (tertiary/aromatic N) is 3. The van der Waals surface area contributed by atoms with Gasteiger partial charge in [0.1, 0.15) is 12.7 Å². The van der Waals surface area contributed by atoms with Gasteiger partial charge in [-0.15, -0.1) is 0 Å². The molecular formula is C19H16Cl2F3N3. The first-order chi connectivity index (χ1) is 12.7. The molecule has 142 valence electrons. The zero-order valence-corrected chi connectivity index (χ0v) is 15.8. The Bertz CT molecular complexity index is 873. The SMILES string of the molecule is CC(CC(c1cc(Cl)cc(Cl)c1)C(F)(F)F)c1ccc(-n2cncn2)cc1. The molecule has 27 heavy (non-hydrogen) atoms. The van der Waals surface area contributed by atoms with Gasteiger partial charge in [-0.1, -0.05) is 42.3 Å². The number of benzene rings is 2. The lowest BCUT2D eigenvalue weighted by atomic mass is 9.85. The highest BCUT2D eigenvalue weighted by Crippen LogP contribution is 2.43. The second-order valence-electron chi connectivity index (χ2n) is 6.37. The summed E-state index contributed by atoms with van der Waals surface area (Å²) in [5, 5.41) is 4.41. The summed E-state index contributed by atoms with van der Waals surface area (Å²) in [7, 11) is 0. The number of hydrogen-bond acceptors (Lipinski definition) is 2. The molecule has 0 bridgehead atoms. The van der Waals surface area contributed by atoms with Crippen LogP contribution in [0.1, 0.15) is 36.3 Å². The van der Waals surface area contributed by atoms with Crippen molar-refractivity contribution in [3.63, 3.8) is 0 Å². The van der Waals surface area contributed by atoms with Gasteiger partial charge in [0.05, 0.1) is 11.6 Å². The van der Waals surface area contributed by atoms with Gasteiger partial charge >= 0.3 is 6.18 Å². The first-order valence-corrected chi connectivity index (χ1v) is 8.97. The largest absolute Gasteiger partial charge is 0.395 e. The average molecular weight is 414 g/mol. The molecule has 0 aliphatic carbocycles. The molecule has 0 amide bonds. The topological polar surface area (TPSA) is 30.7 Å². The van der Waals surface area contributed by atoms with Gasteiger partial charge in [-0.3, -0.25) is 0 Å². The van der Waals surface area contributed by atoms with Crippen molar-refractivity contribution in [1.82, 2.24) is 14.8 Å². The van der Waals surface area contributed by atoms with Crippen molar-refractivity contribution in [1.29, 1.82) is 0 Å². The number of halogens is 5. The predicted molar refractivity (Wildman–Crippen MR) is 99.6 cm³/mol. The molecule has 0 radical (unpaired) electrons. The zero-order valence-electron chi connectivity index (χ0n) is 14.3. The molecule has 1 aromatic heterocycles. The molecule has 0 fully saturated rings. The van der Waals surface area contributed by atoms with Crippen LogP contribution in [-0.2, 0) is 0 Å². The third-order valence-corrected chi connectivity index (χ3v) is 4.85. The number of aromatic nitrogens is 3. The molecule has 0 aliphatic heterocycles. The quantitative estimate of drug-likeness (QED) is 0.483. The molecule has 0 saturated heterocycles. The fourth-order valence-electron chi connectivity index (χ4n) is 3.02. The highest BCUT2D eigenvalue weighted by molar-refractivity contribution is 6.34. The van der Waals surface area contributed by atoms with E-state index in [0.29, 0.717) is 0 Å². The highest BCUT2D eigenvalue weighted by atomic mass is 35.5. The maximum Gasteiger partial charge on any atom is 0.395 e. The third kappa shape index (κ3) is 4.82. The summed E-state index contributed by atoms with van der Waals surface area (Å²) in [5.74, 6) is -1.97.